The van der Waals surface area contributed by atoms with Gasteiger partial charge in [-0.3, -0.25) is 4.79 Å². The van der Waals surface area contributed by atoms with Crippen LogP contribution in [-0.2, 0) is 6.54 Å². The molecule has 2 aromatic heterocycles. The first-order valence-electron chi connectivity index (χ1n) is 4.84. The van der Waals surface area contributed by atoms with Gasteiger partial charge in [0.05, 0.1) is 17.7 Å². The SMILES string of the molecule is CNc1nnc(C(=O)N(C)Cc2cscn2)s1. The highest BCUT2D eigenvalue weighted by atomic mass is 32.1. The second-order valence-corrected chi connectivity index (χ2v) is 5.00. The van der Waals surface area contributed by atoms with Crippen molar-refractivity contribution >= 4 is 33.7 Å². The summed E-state index contributed by atoms with van der Waals surface area (Å²) in [5, 5.41) is 13.5. The van der Waals surface area contributed by atoms with E-state index in [9.17, 15) is 4.79 Å². The van der Waals surface area contributed by atoms with Crippen LogP contribution in [0, 0.1) is 0 Å². The molecule has 0 saturated heterocycles. The van der Waals surface area contributed by atoms with Gasteiger partial charge in [0, 0.05) is 19.5 Å². The Kier molecular flexibility index (Phi) is 3.64. The van der Waals surface area contributed by atoms with Crippen LogP contribution in [0.5, 0.6) is 0 Å². The maximum Gasteiger partial charge on any atom is 0.285 e. The molecule has 0 fully saturated rings. The lowest BCUT2D eigenvalue weighted by Gasteiger charge is -2.13. The predicted octanol–water partition coefficient (Wildman–Crippen LogP) is 1.31. The van der Waals surface area contributed by atoms with Crippen LogP contribution >= 0.6 is 22.7 Å². The maximum atomic E-state index is 12.0. The summed E-state index contributed by atoms with van der Waals surface area (Å²) in [5.41, 5.74) is 2.63. The lowest BCUT2D eigenvalue weighted by molar-refractivity contribution is 0.0782. The number of anilines is 1. The Balaban J connectivity index is 2.04. The topological polar surface area (TPSA) is 71.0 Å². The van der Waals surface area contributed by atoms with Crippen molar-refractivity contribution in [1.82, 2.24) is 20.1 Å². The summed E-state index contributed by atoms with van der Waals surface area (Å²) >= 11 is 2.75. The zero-order valence-corrected chi connectivity index (χ0v) is 11.0. The van der Waals surface area contributed by atoms with Crippen LogP contribution in [-0.4, -0.2) is 40.1 Å². The molecule has 2 rings (SSSR count). The minimum absolute atomic E-state index is 0.142. The average Bonchev–Trinajstić information content (AvgIpc) is 2.98. The Morgan fingerprint density at radius 3 is 2.94 bits per heavy atom. The smallest absolute Gasteiger partial charge is 0.285 e. The average molecular weight is 269 g/mol. The van der Waals surface area contributed by atoms with E-state index in [1.54, 1.807) is 24.5 Å². The van der Waals surface area contributed by atoms with Gasteiger partial charge in [-0.25, -0.2) is 4.98 Å². The summed E-state index contributed by atoms with van der Waals surface area (Å²) in [6.07, 6.45) is 0. The van der Waals surface area contributed by atoms with Crippen LogP contribution in [0.25, 0.3) is 0 Å². The Bertz CT molecular complexity index is 495. The number of nitrogens with one attached hydrogen (secondary N) is 1. The van der Waals surface area contributed by atoms with Gasteiger partial charge in [0.15, 0.2) is 0 Å². The molecule has 0 aliphatic heterocycles. The van der Waals surface area contributed by atoms with Crippen molar-refractivity contribution in [1.29, 1.82) is 0 Å². The monoisotopic (exact) mass is 269 g/mol. The molecule has 0 aliphatic rings. The van der Waals surface area contributed by atoms with Crippen molar-refractivity contribution in [3.8, 4) is 0 Å². The predicted molar refractivity (Wildman–Crippen MR) is 67.4 cm³/mol. The van der Waals surface area contributed by atoms with Crippen LogP contribution < -0.4 is 5.32 Å². The molecule has 0 radical (unpaired) electrons. The van der Waals surface area contributed by atoms with Crippen molar-refractivity contribution in [2.45, 2.75) is 6.54 Å². The van der Waals surface area contributed by atoms with E-state index in [-0.39, 0.29) is 5.91 Å². The van der Waals surface area contributed by atoms with Gasteiger partial charge in [-0.1, -0.05) is 11.3 Å². The zero-order chi connectivity index (χ0) is 12.3. The molecule has 0 atom stereocenters. The van der Waals surface area contributed by atoms with Crippen molar-refractivity contribution in [2.24, 2.45) is 0 Å². The molecule has 0 aliphatic carbocycles. The van der Waals surface area contributed by atoms with E-state index in [1.807, 2.05) is 5.38 Å². The van der Waals surface area contributed by atoms with Crippen LogP contribution in [0.3, 0.4) is 0 Å². The first-order chi connectivity index (χ1) is 8.20. The number of nitrogens with zero attached hydrogens (tertiary/aromatic N) is 4. The van der Waals surface area contributed by atoms with Gasteiger partial charge >= 0.3 is 0 Å². The third-order valence-electron chi connectivity index (χ3n) is 2.05. The van der Waals surface area contributed by atoms with Gasteiger partial charge < -0.3 is 10.2 Å². The zero-order valence-electron chi connectivity index (χ0n) is 9.38. The van der Waals surface area contributed by atoms with Gasteiger partial charge in [0.25, 0.3) is 5.91 Å². The molecule has 1 amide bonds. The molecule has 8 heteroatoms. The fraction of sp³-hybridized carbons (Fsp3) is 0.333. The second-order valence-electron chi connectivity index (χ2n) is 3.30. The Morgan fingerprint density at radius 2 is 2.35 bits per heavy atom. The van der Waals surface area contributed by atoms with Crippen LogP contribution in [0.2, 0.25) is 0 Å². The van der Waals surface area contributed by atoms with E-state index in [0.717, 1.165) is 5.69 Å². The summed E-state index contributed by atoms with van der Waals surface area (Å²) in [7, 11) is 3.47. The maximum absolute atomic E-state index is 12.0. The molecule has 2 aromatic rings. The van der Waals surface area contributed by atoms with Crippen molar-refractivity contribution < 1.29 is 4.79 Å². The Labute approximate surface area is 106 Å². The molecule has 0 aromatic carbocycles. The van der Waals surface area contributed by atoms with Gasteiger partial charge in [-0.15, -0.1) is 21.5 Å². The molecule has 0 unspecified atom stereocenters. The van der Waals surface area contributed by atoms with Gasteiger partial charge in [-0.05, 0) is 0 Å². The van der Waals surface area contributed by atoms with Gasteiger partial charge in [0.2, 0.25) is 10.1 Å². The summed E-state index contributed by atoms with van der Waals surface area (Å²) in [6.45, 7) is 0.483. The summed E-state index contributed by atoms with van der Waals surface area (Å²) in [6, 6.07) is 0. The summed E-state index contributed by atoms with van der Waals surface area (Å²) < 4.78 is 0. The Hall–Kier alpha value is -1.54. The number of aromatic nitrogens is 3. The van der Waals surface area contributed by atoms with Crippen LogP contribution in [0.4, 0.5) is 5.13 Å². The third kappa shape index (κ3) is 2.77. The van der Waals surface area contributed by atoms with Gasteiger partial charge in [-0.2, -0.15) is 0 Å². The fourth-order valence-corrected chi connectivity index (χ4v) is 2.45. The van der Waals surface area contributed by atoms with Crippen molar-refractivity contribution in [3.63, 3.8) is 0 Å². The number of carbonyl (C=O) groups excluding carboxylic acids is 1. The van der Waals surface area contributed by atoms with Crippen LogP contribution in [0.1, 0.15) is 15.5 Å². The van der Waals surface area contributed by atoms with E-state index in [0.29, 0.717) is 16.7 Å². The van der Waals surface area contributed by atoms with E-state index >= 15 is 0 Å². The number of rotatable bonds is 4. The van der Waals surface area contributed by atoms with Gasteiger partial charge in [0.1, 0.15) is 0 Å². The molecule has 0 saturated carbocycles. The molecule has 1 N–H and O–H groups in total. The molecule has 90 valence electrons. The highest BCUT2D eigenvalue weighted by molar-refractivity contribution is 7.17. The molecule has 0 bridgehead atoms. The largest absolute Gasteiger partial charge is 0.363 e. The van der Waals surface area contributed by atoms with E-state index in [1.165, 1.54) is 22.7 Å². The molecular formula is C9H11N5OS2. The second kappa shape index (κ2) is 5.19. The lowest BCUT2D eigenvalue weighted by Crippen LogP contribution is -2.26. The summed E-state index contributed by atoms with van der Waals surface area (Å²) in [5.74, 6) is -0.142. The van der Waals surface area contributed by atoms with E-state index < -0.39 is 0 Å². The van der Waals surface area contributed by atoms with E-state index in [2.05, 4.69) is 20.5 Å². The summed E-state index contributed by atoms with van der Waals surface area (Å²) in [4.78, 5) is 17.7. The molecule has 0 spiro atoms. The highest BCUT2D eigenvalue weighted by Gasteiger charge is 2.17. The third-order valence-corrected chi connectivity index (χ3v) is 3.62. The van der Waals surface area contributed by atoms with Crippen molar-refractivity contribution in [2.75, 3.05) is 19.4 Å². The normalized spacial score (nSPS) is 10.2. The Morgan fingerprint density at radius 1 is 1.53 bits per heavy atom. The number of carbonyl (C=O) groups is 1. The van der Waals surface area contributed by atoms with E-state index in [4.69, 9.17) is 0 Å². The fourth-order valence-electron chi connectivity index (χ4n) is 1.20. The number of thiazole rings is 1. The molecule has 17 heavy (non-hydrogen) atoms. The highest BCUT2D eigenvalue weighted by Crippen LogP contribution is 2.16. The first kappa shape index (κ1) is 11.9. The standard InChI is InChI=1S/C9H11N5OS2/c1-10-9-13-12-7(17-9)8(15)14(2)3-6-4-16-5-11-6/h4-5H,3H2,1-2H3,(H,10,13). The number of hydrogen-bond acceptors (Lipinski definition) is 7. The quantitative estimate of drug-likeness (QED) is 0.906. The lowest BCUT2D eigenvalue weighted by atomic mass is 10.4. The number of amides is 1. The molecular weight excluding hydrogens is 258 g/mol. The van der Waals surface area contributed by atoms with Crippen molar-refractivity contribution in [3.05, 3.63) is 21.6 Å². The van der Waals surface area contributed by atoms with Crippen LogP contribution in [0.15, 0.2) is 10.9 Å². The first-order valence-corrected chi connectivity index (χ1v) is 6.60. The minimum Gasteiger partial charge on any atom is -0.363 e. The molecule has 2 heterocycles. The molecule has 6 nitrogen and oxygen atoms in total. The number of hydrogen-bond donors (Lipinski definition) is 1. The minimum atomic E-state index is -0.142.